The molecule has 19 heavy (non-hydrogen) atoms. The van der Waals surface area contributed by atoms with Crippen molar-refractivity contribution < 1.29 is 24.7 Å². The molecule has 1 rings (SSSR count). The second-order valence-electron chi connectivity index (χ2n) is 3.77. The maximum atomic E-state index is 10.9. The van der Waals surface area contributed by atoms with Gasteiger partial charge in [-0.25, -0.2) is 4.79 Å². The lowest BCUT2D eigenvalue weighted by atomic mass is 10.1. The molecule has 0 saturated carbocycles. The van der Waals surface area contributed by atoms with Crippen molar-refractivity contribution >= 4 is 23.3 Å². The minimum absolute atomic E-state index is 0.0817. The summed E-state index contributed by atoms with van der Waals surface area (Å²) < 4.78 is 0. The molecule has 0 aliphatic heterocycles. The Morgan fingerprint density at radius 2 is 1.84 bits per heavy atom. The van der Waals surface area contributed by atoms with Crippen LogP contribution in [0.25, 0.3) is 0 Å². The Kier molecular flexibility index (Phi) is 4.81. The van der Waals surface area contributed by atoms with Crippen molar-refractivity contribution in [3.8, 4) is 0 Å². The summed E-state index contributed by atoms with van der Waals surface area (Å²) in [7, 11) is 0. The van der Waals surface area contributed by atoms with Gasteiger partial charge in [0, 0.05) is 24.2 Å². The van der Waals surface area contributed by atoms with Gasteiger partial charge in [0.25, 0.3) is 5.69 Å². The number of hydrogen-bond acceptors (Lipinski definition) is 5. The molecule has 0 unspecified atom stereocenters. The zero-order chi connectivity index (χ0) is 14.4. The van der Waals surface area contributed by atoms with Crippen molar-refractivity contribution in [2.24, 2.45) is 0 Å². The smallest absolute Gasteiger partial charge is 0.326 e. The molecule has 0 aliphatic rings. The van der Waals surface area contributed by atoms with Gasteiger partial charge >= 0.3 is 11.9 Å². The molecule has 1 aromatic carbocycles. The number of aliphatic carboxylic acids is 2. The van der Waals surface area contributed by atoms with Crippen molar-refractivity contribution in [3.63, 3.8) is 0 Å². The van der Waals surface area contributed by atoms with Crippen LogP contribution in [0.3, 0.4) is 0 Å². The number of hydrogen-bond donors (Lipinski definition) is 3. The summed E-state index contributed by atoms with van der Waals surface area (Å²) in [5.41, 5.74) is 0.270. The Hall–Kier alpha value is -2.64. The fourth-order valence-electron chi connectivity index (χ4n) is 1.41. The van der Waals surface area contributed by atoms with E-state index in [1.165, 1.54) is 24.3 Å². The molecule has 0 heterocycles. The fourth-order valence-corrected chi connectivity index (χ4v) is 1.41. The topological polar surface area (TPSA) is 130 Å². The van der Waals surface area contributed by atoms with Gasteiger partial charge in [-0.05, 0) is 18.6 Å². The molecule has 8 nitrogen and oxygen atoms in total. The summed E-state index contributed by atoms with van der Waals surface area (Å²) in [4.78, 5) is 31.2. The SMILES string of the molecule is O=C(O)CC[C@H](Nc1ccc([N+](=O)[O-])cc1)C(=O)O. The molecule has 0 saturated heterocycles. The monoisotopic (exact) mass is 268 g/mol. The first-order valence-electron chi connectivity index (χ1n) is 5.35. The van der Waals surface area contributed by atoms with Crippen LogP contribution >= 0.6 is 0 Å². The van der Waals surface area contributed by atoms with Gasteiger partial charge in [0.15, 0.2) is 0 Å². The van der Waals surface area contributed by atoms with E-state index < -0.39 is 22.9 Å². The molecule has 0 aromatic heterocycles. The average molecular weight is 268 g/mol. The quantitative estimate of drug-likeness (QED) is 0.502. The first-order valence-corrected chi connectivity index (χ1v) is 5.35. The summed E-state index contributed by atoms with van der Waals surface area (Å²) in [6.45, 7) is 0. The Labute approximate surface area is 107 Å². The predicted octanol–water partition coefficient (Wildman–Crippen LogP) is 1.32. The highest BCUT2D eigenvalue weighted by molar-refractivity contribution is 5.78. The molecule has 0 radical (unpaired) electrons. The second-order valence-corrected chi connectivity index (χ2v) is 3.77. The highest BCUT2D eigenvalue weighted by Crippen LogP contribution is 2.17. The van der Waals surface area contributed by atoms with Crippen LogP contribution in [0.4, 0.5) is 11.4 Å². The zero-order valence-electron chi connectivity index (χ0n) is 9.78. The number of nitro benzene ring substituents is 1. The molecule has 1 atom stereocenters. The van der Waals surface area contributed by atoms with Gasteiger partial charge in [-0.2, -0.15) is 0 Å². The van der Waals surface area contributed by atoms with E-state index >= 15 is 0 Å². The van der Waals surface area contributed by atoms with Crippen molar-refractivity contribution in [2.45, 2.75) is 18.9 Å². The molecule has 8 heteroatoms. The average Bonchev–Trinajstić information content (AvgIpc) is 2.34. The minimum atomic E-state index is -1.18. The molecule has 1 aromatic rings. The van der Waals surface area contributed by atoms with Gasteiger partial charge in [0.2, 0.25) is 0 Å². The molecule has 0 bridgehead atoms. The van der Waals surface area contributed by atoms with Gasteiger partial charge in [0.05, 0.1) is 4.92 Å². The maximum Gasteiger partial charge on any atom is 0.326 e. The van der Waals surface area contributed by atoms with E-state index in [4.69, 9.17) is 10.2 Å². The number of rotatable bonds is 7. The summed E-state index contributed by atoms with van der Waals surface area (Å²) in [5, 5.41) is 30.5. The molecular weight excluding hydrogens is 256 g/mol. The Bertz CT molecular complexity index is 484. The second kappa shape index (κ2) is 6.34. The Morgan fingerprint density at radius 3 is 2.26 bits per heavy atom. The van der Waals surface area contributed by atoms with E-state index in [1.54, 1.807) is 0 Å². The summed E-state index contributed by atoms with van der Waals surface area (Å²) in [5.74, 6) is -2.27. The van der Waals surface area contributed by atoms with E-state index in [9.17, 15) is 19.7 Å². The van der Waals surface area contributed by atoms with Crippen molar-refractivity contribution in [2.75, 3.05) is 5.32 Å². The van der Waals surface area contributed by atoms with E-state index in [0.717, 1.165) is 0 Å². The maximum absolute atomic E-state index is 10.9. The van der Waals surface area contributed by atoms with Crippen molar-refractivity contribution in [3.05, 3.63) is 34.4 Å². The number of non-ortho nitro benzene ring substituents is 1. The normalized spacial score (nSPS) is 11.6. The number of anilines is 1. The highest BCUT2D eigenvalue weighted by Gasteiger charge is 2.18. The molecule has 0 aliphatic carbocycles. The van der Waals surface area contributed by atoms with Crippen LogP contribution in [0.1, 0.15) is 12.8 Å². The van der Waals surface area contributed by atoms with E-state index in [2.05, 4.69) is 5.32 Å². The van der Waals surface area contributed by atoms with Crippen molar-refractivity contribution in [1.82, 2.24) is 0 Å². The zero-order valence-corrected chi connectivity index (χ0v) is 9.78. The number of nitrogens with one attached hydrogen (secondary N) is 1. The van der Waals surface area contributed by atoms with E-state index in [-0.39, 0.29) is 18.5 Å². The third kappa shape index (κ3) is 4.62. The lowest BCUT2D eigenvalue weighted by Crippen LogP contribution is -2.29. The lowest BCUT2D eigenvalue weighted by Gasteiger charge is -2.14. The van der Waals surface area contributed by atoms with Crippen molar-refractivity contribution in [1.29, 1.82) is 0 Å². The first kappa shape index (κ1) is 14.4. The standard InChI is InChI=1S/C11H12N2O6/c14-10(15)6-5-9(11(16)17)12-7-1-3-8(4-2-7)13(18)19/h1-4,9,12H,5-6H2,(H,14,15)(H,16,17)/t9-/m0/s1. The highest BCUT2D eigenvalue weighted by atomic mass is 16.6. The van der Waals surface area contributed by atoms with Gasteiger partial charge in [-0.15, -0.1) is 0 Å². The van der Waals surface area contributed by atoms with Crippen LogP contribution in [0, 0.1) is 10.1 Å². The van der Waals surface area contributed by atoms with E-state index in [1.807, 2.05) is 0 Å². The number of carbonyl (C=O) groups is 2. The largest absolute Gasteiger partial charge is 0.481 e. The van der Waals surface area contributed by atoms with Crippen LogP contribution in [-0.2, 0) is 9.59 Å². The lowest BCUT2D eigenvalue weighted by molar-refractivity contribution is -0.384. The summed E-state index contributed by atoms with van der Waals surface area (Å²) in [6, 6.07) is 4.15. The predicted molar refractivity (Wildman–Crippen MR) is 65.0 cm³/mol. The number of nitrogens with zero attached hydrogens (tertiary/aromatic N) is 1. The van der Waals surface area contributed by atoms with Crippen LogP contribution in [0.15, 0.2) is 24.3 Å². The van der Waals surface area contributed by atoms with Gasteiger partial charge in [0.1, 0.15) is 6.04 Å². The molecule has 3 N–H and O–H groups in total. The van der Waals surface area contributed by atoms with Crippen LogP contribution < -0.4 is 5.32 Å². The summed E-state index contributed by atoms with van der Waals surface area (Å²) >= 11 is 0. The molecule has 0 amide bonds. The Balaban J connectivity index is 2.70. The molecule has 0 spiro atoms. The third-order valence-corrected chi connectivity index (χ3v) is 2.36. The first-order chi connectivity index (χ1) is 8.90. The molecule has 0 fully saturated rings. The number of carboxylic acid groups (broad SMARTS) is 2. The van der Waals surface area contributed by atoms with E-state index in [0.29, 0.717) is 5.69 Å². The van der Waals surface area contributed by atoms with Gasteiger partial charge in [-0.3, -0.25) is 14.9 Å². The van der Waals surface area contributed by atoms with Gasteiger partial charge in [-0.1, -0.05) is 0 Å². The number of nitro groups is 1. The molecular formula is C11H12N2O6. The fraction of sp³-hybridized carbons (Fsp3) is 0.273. The van der Waals surface area contributed by atoms with Crippen LogP contribution in [-0.4, -0.2) is 33.1 Å². The summed E-state index contributed by atoms with van der Waals surface area (Å²) in [6.07, 6.45) is -0.362. The van der Waals surface area contributed by atoms with Crippen LogP contribution in [0.5, 0.6) is 0 Å². The third-order valence-electron chi connectivity index (χ3n) is 2.36. The number of carboxylic acids is 2. The minimum Gasteiger partial charge on any atom is -0.481 e. The van der Waals surface area contributed by atoms with Crippen LogP contribution in [0.2, 0.25) is 0 Å². The number of benzene rings is 1. The molecule has 102 valence electrons. The Morgan fingerprint density at radius 1 is 1.26 bits per heavy atom. The van der Waals surface area contributed by atoms with Gasteiger partial charge < -0.3 is 15.5 Å².